The lowest BCUT2D eigenvalue weighted by atomic mass is 10.1. The van der Waals surface area contributed by atoms with E-state index >= 15 is 0 Å². The topological polar surface area (TPSA) is 74.0 Å². The standard InChI is InChI=1S/C10H17N3O2S/c14-16(15,10-4-7-12-8-10)13-9-2-1-5-11-6-3-9/h4,7-9,11-13H,1-3,5-6H2. The van der Waals surface area contributed by atoms with Gasteiger partial charge in [-0.25, -0.2) is 13.1 Å². The minimum absolute atomic E-state index is 0.0508. The third kappa shape index (κ3) is 2.84. The van der Waals surface area contributed by atoms with E-state index in [0.29, 0.717) is 4.90 Å². The summed E-state index contributed by atoms with van der Waals surface area (Å²) < 4.78 is 26.6. The molecular formula is C10H17N3O2S. The summed E-state index contributed by atoms with van der Waals surface area (Å²) in [7, 11) is -3.34. The van der Waals surface area contributed by atoms with Gasteiger partial charge in [0.05, 0.1) is 4.90 Å². The lowest BCUT2D eigenvalue weighted by Crippen LogP contribution is -2.35. The Hall–Kier alpha value is -0.850. The molecule has 0 amide bonds. The van der Waals surface area contributed by atoms with Crippen LogP contribution in [0.25, 0.3) is 0 Å². The molecule has 6 heteroatoms. The molecule has 90 valence electrons. The van der Waals surface area contributed by atoms with Crippen molar-refractivity contribution in [2.24, 2.45) is 0 Å². The van der Waals surface area contributed by atoms with Gasteiger partial charge in [-0.15, -0.1) is 0 Å². The van der Waals surface area contributed by atoms with Crippen LogP contribution in [0.1, 0.15) is 19.3 Å². The van der Waals surface area contributed by atoms with Crippen LogP contribution in [0.15, 0.2) is 23.4 Å². The average molecular weight is 243 g/mol. The van der Waals surface area contributed by atoms with Crippen LogP contribution in [-0.4, -0.2) is 32.5 Å². The van der Waals surface area contributed by atoms with E-state index in [1.54, 1.807) is 12.3 Å². The molecule has 0 saturated carbocycles. The predicted octanol–water partition coefficient (Wildman–Crippen LogP) is 0.435. The van der Waals surface area contributed by atoms with Crippen molar-refractivity contribution in [2.75, 3.05) is 13.1 Å². The van der Waals surface area contributed by atoms with Gasteiger partial charge in [-0.3, -0.25) is 0 Å². The zero-order chi connectivity index (χ0) is 11.4. The molecule has 1 saturated heterocycles. The minimum atomic E-state index is -3.34. The first-order valence-corrected chi connectivity index (χ1v) is 7.03. The van der Waals surface area contributed by atoms with Crippen molar-refractivity contribution in [2.45, 2.75) is 30.2 Å². The molecule has 2 heterocycles. The van der Waals surface area contributed by atoms with Gasteiger partial charge < -0.3 is 10.3 Å². The molecule has 3 N–H and O–H groups in total. The van der Waals surface area contributed by atoms with Crippen molar-refractivity contribution < 1.29 is 8.42 Å². The van der Waals surface area contributed by atoms with Crippen LogP contribution in [0, 0.1) is 0 Å². The molecule has 5 nitrogen and oxygen atoms in total. The summed E-state index contributed by atoms with van der Waals surface area (Å²) in [5, 5.41) is 3.26. The molecule has 0 bridgehead atoms. The molecular weight excluding hydrogens is 226 g/mol. The second kappa shape index (κ2) is 4.99. The third-order valence-electron chi connectivity index (χ3n) is 2.78. The van der Waals surface area contributed by atoms with Crippen molar-refractivity contribution in [3.63, 3.8) is 0 Å². The molecule has 1 aliphatic heterocycles. The molecule has 0 radical (unpaired) electrons. The molecule has 1 aromatic rings. The van der Waals surface area contributed by atoms with Gasteiger partial charge in [0.1, 0.15) is 0 Å². The Morgan fingerprint density at radius 2 is 2.19 bits per heavy atom. The lowest BCUT2D eigenvalue weighted by Gasteiger charge is -2.15. The molecule has 1 atom stereocenters. The second-order valence-electron chi connectivity index (χ2n) is 4.05. The Labute approximate surface area is 95.7 Å². The van der Waals surface area contributed by atoms with E-state index in [0.717, 1.165) is 32.4 Å². The van der Waals surface area contributed by atoms with Crippen molar-refractivity contribution >= 4 is 10.0 Å². The van der Waals surface area contributed by atoms with E-state index in [1.807, 2.05) is 0 Å². The van der Waals surface area contributed by atoms with E-state index in [9.17, 15) is 8.42 Å². The van der Waals surface area contributed by atoms with Crippen LogP contribution in [0.4, 0.5) is 0 Å². The van der Waals surface area contributed by atoms with Gasteiger partial charge in [-0.1, -0.05) is 0 Å². The fraction of sp³-hybridized carbons (Fsp3) is 0.600. The maximum absolute atomic E-state index is 11.9. The Morgan fingerprint density at radius 3 is 2.94 bits per heavy atom. The monoisotopic (exact) mass is 243 g/mol. The van der Waals surface area contributed by atoms with E-state index in [2.05, 4.69) is 15.0 Å². The third-order valence-corrected chi connectivity index (χ3v) is 4.30. The Bertz CT molecular complexity index is 405. The quantitative estimate of drug-likeness (QED) is 0.721. The molecule has 1 aromatic heterocycles. The van der Waals surface area contributed by atoms with Crippen LogP contribution in [0.5, 0.6) is 0 Å². The maximum atomic E-state index is 11.9. The van der Waals surface area contributed by atoms with Crippen LogP contribution in [-0.2, 0) is 10.0 Å². The SMILES string of the molecule is O=S(=O)(NC1CCCNCC1)c1cc[nH]c1. The summed E-state index contributed by atoms with van der Waals surface area (Å²) in [5.41, 5.74) is 0. The first-order valence-electron chi connectivity index (χ1n) is 5.54. The fourth-order valence-electron chi connectivity index (χ4n) is 1.90. The summed E-state index contributed by atoms with van der Waals surface area (Å²) in [5.74, 6) is 0. The van der Waals surface area contributed by atoms with Crippen LogP contribution >= 0.6 is 0 Å². The first kappa shape index (κ1) is 11.6. The van der Waals surface area contributed by atoms with Crippen LogP contribution in [0.3, 0.4) is 0 Å². The van der Waals surface area contributed by atoms with E-state index < -0.39 is 10.0 Å². The van der Waals surface area contributed by atoms with Crippen LogP contribution < -0.4 is 10.0 Å². The average Bonchev–Trinajstić information content (AvgIpc) is 2.67. The fourth-order valence-corrected chi connectivity index (χ4v) is 3.18. The summed E-state index contributed by atoms with van der Waals surface area (Å²) in [6.07, 6.45) is 5.88. The summed E-state index contributed by atoms with van der Waals surface area (Å²) in [4.78, 5) is 3.06. The van der Waals surface area contributed by atoms with Gasteiger partial charge >= 0.3 is 0 Å². The van der Waals surface area contributed by atoms with E-state index in [1.165, 1.54) is 6.20 Å². The smallest absolute Gasteiger partial charge is 0.242 e. The largest absolute Gasteiger partial charge is 0.366 e. The first-order chi connectivity index (χ1) is 7.68. The molecule has 1 aliphatic rings. The highest BCUT2D eigenvalue weighted by Crippen LogP contribution is 2.11. The van der Waals surface area contributed by atoms with Gasteiger partial charge in [0.15, 0.2) is 0 Å². The van der Waals surface area contributed by atoms with Gasteiger partial charge in [0, 0.05) is 18.4 Å². The minimum Gasteiger partial charge on any atom is -0.366 e. The van der Waals surface area contributed by atoms with E-state index in [4.69, 9.17) is 0 Å². The number of rotatable bonds is 3. The molecule has 0 spiro atoms. The van der Waals surface area contributed by atoms with Crippen molar-refractivity contribution in [1.82, 2.24) is 15.0 Å². The van der Waals surface area contributed by atoms with Gasteiger partial charge in [0.25, 0.3) is 0 Å². The predicted molar refractivity (Wildman–Crippen MR) is 61.6 cm³/mol. The van der Waals surface area contributed by atoms with Crippen LogP contribution in [0.2, 0.25) is 0 Å². The van der Waals surface area contributed by atoms with Crippen molar-refractivity contribution in [1.29, 1.82) is 0 Å². The Kier molecular flexibility index (Phi) is 3.63. The normalized spacial score (nSPS) is 22.9. The number of hydrogen-bond donors (Lipinski definition) is 3. The van der Waals surface area contributed by atoms with Gasteiger partial charge in [-0.05, 0) is 38.4 Å². The number of sulfonamides is 1. The molecule has 16 heavy (non-hydrogen) atoms. The number of hydrogen-bond acceptors (Lipinski definition) is 3. The second-order valence-corrected chi connectivity index (χ2v) is 5.76. The molecule has 1 fully saturated rings. The maximum Gasteiger partial charge on any atom is 0.242 e. The number of nitrogens with one attached hydrogen (secondary N) is 3. The molecule has 0 aromatic carbocycles. The van der Waals surface area contributed by atoms with Gasteiger partial charge in [-0.2, -0.15) is 0 Å². The molecule has 2 rings (SSSR count). The highest BCUT2D eigenvalue weighted by molar-refractivity contribution is 7.89. The molecule has 0 aliphatic carbocycles. The molecule has 1 unspecified atom stereocenters. The highest BCUT2D eigenvalue weighted by Gasteiger charge is 2.20. The van der Waals surface area contributed by atoms with Gasteiger partial charge in [0.2, 0.25) is 10.0 Å². The van der Waals surface area contributed by atoms with Crippen molar-refractivity contribution in [3.05, 3.63) is 18.5 Å². The Morgan fingerprint density at radius 1 is 1.31 bits per heavy atom. The number of aromatic nitrogens is 1. The zero-order valence-electron chi connectivity index (χ0n) is 9.07. The van der Waals surface area contributed by atoms with Crippen molar-refractivity contribution in [3.8, 4) is 0 Å². The summed E-state index contributed by atoms with van der Waals surface area (Å²) >= 11 is 0. The Balaban J connectivity index is 2.03. The number of aromatic amines is 1. The van der Waals surface area contributed by atoms with E-state index in [-0.39, 0.29) is 6.04 Å². The lowest BCUT2D eigenvalue weighted by molar-refractivity contribution is 0.518. The highest BCUT2D eigenvalue weighted by atomic mass is 32.2. The summed E-state index contributed by atoms with van der Waals surface area (Å²) in [6, 6.07) is 1.62. The number of H-pyrrole nitrogens is 1. The zero-order valence-corrected chi connectivity index (χ0v) is 9.89. The summed E-state index contributed by atoms with van der Waals surface area (Å²) in [6.45, 7) is 1.85.